The van der Waals surface area contributed by atoms with E-state index in [0.717, 1.165) is 23.2 Å². The van der Waals surface area contributed by atoms with Crippen molar-refractivity contribution in [3.05, 3.63) is 51.5 Å². The Morgan fingerprint density at radius 3 is 2.42 bits per heavy atom. The fraction of sp³-hybridized carbons (Fsp3) is 0.444. The highest BCUT2D eigenvalue weighted by Crippen LogP contribution is 2.19. The zero-order chi connectivity index (χ0) is 16.8. The molecule has 1 aromatic heterocycles. The van der Waals surface area contributed by atoms with Crippen molar-refractivity contribution in [2.24, 2.45) is 4.99 Å². The smallest absolute Gasteiger partial charge is 0.191 e. The summed E-state index contributed by atoms with van der Waals surface area (Å²) < 4.78 is 0. The van der Waals surface area contributed by atoms with Crippen LogP contribution in [0.1, 0.15) is 40.9 Å². The molecule has 0 aliphatic carbocycles. The van der Waals surface area contributed by atoms with Crippen LogP contribution in [0.25, 0.3) is 0 Å². The number of hydrogen-bond acceptors (Lipinski definition) is 3. The number of halogens is 1. The SMILES string of the molecule is CN=C(NCc1sc(C)nc1C)NC(C)C(C)c1ccccc1.I. The van der Waals surface area contributed by atoms with Gasteiger partial charge < -0.3 is 10.6 Å². The summed E-state index contributed by atoms with van der Waals surface area (Å²) in [5.74, 6) is 1.23. The van der Waals surface area contributed by atoms with Crippen molar-refractivity contribution in [1.82, 2.24) is 15.6 Å². The van der Waals surface area contributed by atoms with Crippen LogP contribution in [0.4, 0.5) is 0 Å². The second-order valence-electron chi connectivity index (χ2n) is 5.80. The summed E-state index contributed by atoms with van der Waals surface area (Å²) in [6.45, 7) is 9.27. The molecule has 0 aliphatic heterocycles. The molecule has 0 spiro atoms. The summed E-state index contributed by atoms with van der Waals surface area (Å²) in [6, 6.07) is 10.8. The number of aromatic nitrogens is 1. The zero-order valence-electron chi connectivity index (χ0n) is 15.0. The van der Waals surface area contributed by atoms with Gasteiger partial charge in [-0.05, 0) is 26.3 Å². The summed E-state index contributed by atoms with van der Waals surface area (Å²) in [5.41, 5.74) is 2.43. The Hall–Kier alpha value is -1.15. The standard InChI is InChI=1S/C18H26N4S.HI/c1-12(16-9-7-6-8-10-16)13(2)22-18(19-5)20-11-17-14(3)21-15(4)23-17;/h6-10,12-13H,11H2,1-5H3,(H2,19,20,22);1H. The van der Waals surface area contributed by atoms with E-state index in [1.165, 1.54) is 10.4 Å². The van der Waals surface area contributed by atoms with E-state index >= 15 is 0 Å². The molecule has 0 amide bonds. The van der Waals surface area contributed by atoms with Crippen molar-refractivity contribution in [1.29, 1.82) is 0 Å². The van der Waals surface area contributed by atoms with Crippen LogP contribution in [0, 0.1) is 13.8 Å². The van der Waals surface area contributed by atoms with Gasteiger partial charge in [0.1, 0.15) is 0 Å². The fourth-order valence-corrected chi connectivity index (χ4v) is 3.36. The molecule has 1 heterocycles. The first-order chi connectivity index (χ1) is 11.0. The first-order valence-corrected chi connectivity index (χ1v) is 8.78. The van der Waals surface area contributed by atoms with Gasteiger partial charge in [0.15, 0.2) is 5.96 Å². The molecule has 132 valence electrons. The lowest BCUT2D eigenvalue weighted by Gasteiger charge is -2.24. The van der Waals surface area contributed by atoms with Gasteiger partial charge in [-0.15, -0.1) is 35.3 Å². The Morgan fingerprint density at radius 2 is 1.88 bits per heavy atom. The van der Waals surface area contributed by atoms with Crippen molar-refractivity contribution in [3.8, 4) is 0 Å². The van der Waals surface area contributed by atoms with Crippen LogP contribution in [0.15, 0.2) is 35.3 Å². The number of guanidine groups is 1. The van der Waals surface area contributed by atoms with Crippen molar-refractivity contribution in [2.45, 2.75) is 46.2 Å². The van der Waals surface area contributed by atoms with E-state index in [4.69, 9.17) is 0 Å². The molecule has 1 aromatic carbocycles. The molecule has 6 heteroatoms. The van der Waals surface area contributed by atoms with E-state index in [2.05, 4.69) is 65.6 Å². The topological polar surface area (TPSA) is 49.3 Å². The molecule has 0 fully saturated rings. The molecule has 2 atom stereocenters. The maximum absolute atomic E-state index is 4.46. The quantitative estimate of drug-likeness (QED) is 0.401. The van der Waals surface area contributed by atoms with Gasteiger partial charge in [-0.1, -0.05) is 37.3 Å². The van der Waals surface area contributed by atoms with Crippen LogP contribution >= 0.6 is 35.3 Å². The van der Waals surface area contributed by atoms with Gasteiger partial charge in [-0.3, -0.25) is 4.99 Å². The number of aliphatic imine (C=N–C) groups is 1. The summed E-state index contributed by atoms with van der Waals surface area (Å²) in [4.78, 5) is 10.1. The molecule has 2 aromatic rings. The molecule has 2 unspecified atom stereocenters. The van der Waals surface area contributed by atoms with Gasteiger partial charge in [0.25, 0.3) is 0 Å². The Balaban J connectivity index is 0.00000288. The predicted octanol–water partition coefficient (Wildman–Crippen LogP) is 4.24. The molecule has 0 saturated heterocycles. The van der Waals surface area contributed by atoms with Gasteiger partial charge in [0.2, 0.25) is 0 Å². The molecule has 2 N–H and O–H groups in total. The van der Waals surface area contributed by atoms with E-state index in [0.29, 0.717) is 5.92 Å². The van der Waals surface area contributed by atoms with E-state index < -0.39 is 0 Å². The van der Waals surface area contributed by atoms with E-state index in [1.54, 1.807) is 18.4 Å². The Morgan fingerprint density at radius 1 is 1.21 bits per heavy atom. The number of nitrogens with zero attached hydrogens (tertiary/aromatic N) is 2. The molecule has 0 radical (unpaired) electrons. The minimum Gasteiger partial charge on any atom is -0.353 e. The second-order valence-corrected chi connectivity index (χ2v) is 7.09. The van der Waals surface area contributed by atoms with Gasteiger partial charge in [-0.2, -0.15) is 0 Å². The lowest BCUT2D eigenvalue weighted by molar-refractivity contribution is 0.550. The summed E-state index contributed by atoms with van der Waals surface area (Å²) in [5, 5.41) is 7.98. The Labute approximate surface area is 166 Å². The molecule has 24 heavy (non-hydrogen) atoms. The van der Waals surface area contributed by atoms with Crippen LogP contribution in [-0.2, 0) is 6.54 Å². The van der Waals surface area contributed by atoms with Gasteiger partial charge in [0.05, 0.1) is 17.2 Å². The van der Waals surface area contributed by atoms with Gasteiger partial charge in [0, 0.05) is 23.9 Å². The monoisotopic (exact) mass is 458 g/mol. The van der Waals surface area contributed by atoms with Crippen LogP contribution in [0.5, 0.6) is 0 Å². The number of rotatable bonds is 5. The van der Waals surface area contributed by atoms with Crippen molar-refractivity contribution < 1.29 is 0 Å². The average molecular weight is 458 g/mol. The zero-order valence-corrected chi connectivity index (χ0v) is 18.1. The summed E-state index contributed by atoms with van der Waals surface area (Å²) >= 11 is 1.73. The molecule has 0 bridgehead atoms. The van der Waals surface area contributed by atoms with E-state index in [1.807, 2.05) is 13.0 Å². The number of nitrogens with one attached hydrogen (secondary N) is 2. The average Bonchev–Trinajstić information content (AvgIpc) is 2.88. The van der Waals surface area contributed by atoms with Crippen LogP contribution in [-0.4, -0.2) is 24.0 Å². The molecule has 0 saturated carbocycles. The minimum absolute atomic E-state index is 0. The third-order valence-corrected chi connectivity index (χ3v) is 5.15. The maximum atomic E-state index is 4.46. The van der Waals surface area contributed by atoms with Crippen LogP contribution in [0.3, 0.4) is 0 Å². The predicted molar refractivity (Wildman–Crippen MR) is 115 cm³/mol. The first-order valence-electron chi connectivity index (χ1n) is 7.96. The lowest BCUT2D eigenvalue weighted by atomic mass is 9.94. The molecule has 2 rings (SSSR count). The first kappa shape index (κ1) is 20.9. The Bertz CT molecular complexity index is 654. The van der Waals surface area contributed by atoms with E-state index in [9.17, 15) is 0 Å². The van der Waals surface area contributed by atoms with Crippen LogP contribution in [0.2, 0.25) is 0 Å². The van der Waals surface area contributed by atoms with Crippen molar-refractivity contribution in [3.63, 3.8) is 0 Å². The minimum atomic E-state index is 0. The maximum Gasteiger partial charge on any atom is 0.191 e. The van der Waals surface area contributed by atoms with Gasteiger partial charge >= 0.3 is 0 Å². The highest BCUT2D eigenvalue weighted by Gasteiger charge is 2.15. The molecular formula is C18H27IN4S. The Kier molecular flexibility index (Phi) is 8.69. The summed E-state index contributed by atoms with van der Waals surface area (Å²) in [7, 11) is 1.81. The highest BCUT2D eigenvalue weighted by molar-refractivity contribution is 14.0. The van der Waals surface area contributed by atoms with Crippen molar-refractivity contribution in [2.75, 3.05) is 7.05 Å². The number of thiazole rings is 1. The largest absolute Gasteiger partial charge is 0.353 e. The number of hydrogen-bond donors (Lipinski definition) is 2. The lowest BCUT2D eigenvalue weighted by Crippen LogP contribution is -2.43. The molecule has 0 aliphatic rings. The van der Waals surface area contributed by atoms with Crippen molar-refractivity contribution >= 4 is 41.3 Å². The fourth-order valence-electron chi connectivity index (χ4n) is 2.48. The van der Waals surface area contributed by atoms with Crippen LogP contribution < -0.4 is 10.6 Å². The highest BCUT2D eigenvalue weighted by atomic mass is 127. The normalized spacial score (nSPS) is 13.8. The third kappa shape index (κ3) is 5.73. The number of benzene rings is 1. The summed E-state index contributed by atoms with van der Waals surface area (Å²) in [6.07, 6.45) is 0. The molecular weight excluding hydrogens is 431 g/mol. The second kappa shape index (κ2) is 9.98. The van der Waals surface area contributed by atoms with Gasteiger partial charge in [-0.25, -0.2) is 4.98 Å². The molecule has 4 nitrogen and oxygen atoms in total. The van der Waals surface area contributed by atoms with E-state index in [-0.39, 0.29) is 30.0 Å². The third-order valence-electron chi connectivity index (χ3n) is 4.08. The number of aryl methyl sites for hydroxylation is 2.